The first-order valence-electron chi connectivity index (χ1n) is 42.7. The third kappa shape index (κ3) is 76.3. The number of esters is 4. The van der Waals surface area contributed by atoms with Crippen molar-refractivity contribution in [2.75, 3.05) is 39.6 Å². The quantitative estimate of drug-likeness (QED) is 0.0222. The van der Waals surface area contributed by atoms with Gasteiger partial charge in [0.05, 0.1) is 26.4 Å². The predicted octanol–water partition coefficient (Wildman–Crippen LogP) is 24.8. The van der Waals surface area contributed by atoms with Gasteiger partial charge in [0.2, 0.25) is 0 Å². The molecule has 0 spiro atoms. The lowest BCUT2D eigenvalue weighted by atomic mass is 10.0. The maximum atomic E-state index is 13.1. The van der Waals surface area contributed by atoms with E-state index in [2.05, 4.69) is 55.4 Å². The molecular weight excluding hydrogens is 1330 g/mol. The average molecular weight is 1490 g/mol. The molecule has 3 N–H and O–H groups in total. The molecule has 0 bridgehead atoms. The lowest BCUT2D eigenvalue weighted by Gasteiger charge is -2.21. The zero-order valence-corrected chi connectivity index (χ0v) is 69.0. The van der Waals surface area contributed by atoms with Crippen LogP contribution in [0.4, 0.5) is 0 Å². The highest BCUT2D eigenvalue weighted by Crippen LogP contribution is 2.45. The average Bonchev–Trinajstić information content (AvgIpc) is 0.909. The molecule has 0 aromatic heterocycles. The van der Waals surface area contributed by atoms with Crippen molar-refractivity contribution in [1.29, 1.82) is 0 Å². The number of aliphatic hydroxyl groups excluding tert-OH is 1. The van der Waals surface area contributed by atoms with Crippen molar-refractivity contribution >= 4 is 39.5 Å². The minimum absolute atomic E-state index is 0.107. The van der Waals surface area contributed by atoms with Crippen LogP contribution in [0.5, 0.6) is 0 Å². The lowest BCUT2D eigenvalue weighted by Crippen LogP contribution is -2.30. The highest BCUT2D eigenvalue weighted by Gasteiger charge is 2.30. The molecule has 0 aromatic carbocycles. The highest BCUT2D eigenvalue weighted by molar-refractivity contribution is 7.47. The molecule has 3 unspecified atom stereocenters. The van der Waals surface area contributed by atoms with Gasteiger partial charge in [-0.15, -0.1) is 0 Å². The van der Waals surface area contributed by atoms with Gasteiger partial charge in [-0.05, 0) is 49.4 Å². The van der Waals surface area contributed by atoms with Crippen molar-refractivity contribution in [2.45, 2.75) is 446 Å². The molecule has 0 aliphatic heterocycles. The number of aliphatic hydroxyl groups is 1. The minimum Gasteiger partial charge on any atom is -0.462 e. The van der Waals surface area contributed by atoms with Gasteiger partial charge in [-0.3, -0.25) is 37.3 Å². The van der Waals surface area contributed by atoms with Gasteiger partial charge < -0.3 is 33.8 Å². The van der Waals surface area contributed by atoms with E-state index in [9.17, 15) is 43.2 Å². The van der Waals surface area contributed by atoms with Crippen LogP contribution < -0.4 is 0 Å². The van der Waals surface area contributed by atoms with E-state index in [0.717, 1.165) is 114 Å². The number of hydrogen-bond acceptors (Lipinski definition) is 15. The van der Waals surface area contributed by atoms with Gasteiger partial charge in [-0.25, -0.2) is 9.13 Å². The van der Waals surface area contributed by atoms with E-state index in [0.29, 0.717) is 31.6 Å². The van der Waals surface area contributed by atoms with E-state index in [1.807, 2.05) is 0 Å². The molecule has 0 saturated carbocycles. The van der Waals surface area contributed by atoms with Crippen molar-refractivity contribution in [1.82, 2.24) is 0 Å². The Balaban J connectivity index is 5.22. The molecule has 0 aliphatic carbocycles. The number of carbonyl (C=O) groups is 4. The summed E-state index contributed by atoms with van der Waals surface area (Å²) in [6.45, 7) is 14.3. The van der Waals surface area contributed by atoms with Crippen molar-refractivity contribution in [3.63, 3.8) is 0 Å². The van der Waals surface area contributed by atoms with E-state index in [4.69, 9.17) is 37.0 Å². The smallest absolute Gasteiger partial charge is 0.462 e. The van der Waals surface area contributed by atoms with Gasteiger partial charge in [0.15, 0.2) is 12.2 Å². The number of phosphoric ester groups is 2. The number of hydrogen-bond donors (Lipinski definition) is 3. The molecule has 19 heteroatoms. The van der Waals surface area contributed by atoms with Crippen LogP contribution in [-0.2, 0) is 65.4 Å². The normalized spacial score (nSPS) is 14.0. The molecule has 0 amide bonds. The summed E-state index contributed by atoms with van der Waals surface area (Å²) >= 11 is 0. The molecule has 0 radical (unpaired) electrons. The lowest BCUT2D eigenvalue weighted by molar-refractivity contribution is -0.161. The summed E-state index contributed by atoms with van der Waals surface area (Å²) in [6.07, 6.45) is 59.7. The molecule has 0 fully saturated rings. The van der Waals surface area contributed by atoms with Gasteiger partial charge in [-0.1, -0.05) is 376 Å². The third-order valence-corrected chi connectivity index (χ3v) is 21.2. The van der Waals surface area contributed by atoms with Gasteiger partial charge in [0, 0.05) is 25.7 Å². The Morgan fingerprint density at radius 1 is 0.245 bits per heavy atom. The Kier molecular flexibility index (Phi) is 70.6. The zero-order chi connectivity index (χ0) is 75.3. The van der Waals surface area contributed by atoms with Crippen LogP contribution in [-0.4, -0.2) is 96.7 Å². The molecule has 0 saturated heterocycles. The summed E-state index contributed by atoms with van der Waals surface area (Å²) in [4.78, 5) is 73.1. The Labute approximate surface area is 626 Å². The summed E-state index contributed by atoms with van der Waals surface area (Å²) in [5, 5.41) is 10.7. The molecular formula is C83H162O17P2. The fourth-order valence-corrected chi connectivity index (χ4v) is 14.4. The second-order valence-electron chi connectivity index (χ2n) is 31.8. The van der Waals surface area contributed by atoms with Crippen LogP contribution >= 0.6 is 15.6 Å². The van der Waals surface area contributed by atoms with E-state index >= 15 is 0 Å². The Morgan fingerprint density at radius 2 is 0.412 bits per heavy atom. The summed E-state index contributed by atoms with van der Waals surface area (Å²) in [6, 6.07) is 0. The maximum Gasteiger partial charge on any atom is 0.472 e. The summed E-state index contributed by atoms with van der Waals surface area (Å²) in [5.41, 5.74) is 0. The number of phosphoric acid groups is 2. The van der Waals surface area contributed by atoms with Crippen LogP contribution in [0.2, 0.25) is 0 Å². The zero-order valence-electron chi connectivity index (χ0n) is 67.2. The fraction of sp³-hybridized carbons (Fsp3) is 0.952. The molecule has 0 aliphatic rings. The molecule has 606 valence electrons. The van der Waals surface area contributed by atoms with Crippen LogP contribution in [0.3, 0.4) is 0 Å². The molecule has 17 nitrogen and oxygen atoms in total. The topological polar surface area (TPSA) is 237 Å². The van der Waals surface area contributed by atoms with Crippen molar-refractivity contribution in [3.05, 3.63) is 0 Å². The minimum atomic E-state index is -4.96. The molecule has 0 rings (SSSR count). The van der Waals surface area contributed by atoms with Crippen LogP contribution in [0.1, 0.15) is 428 Å². The van der Waals surface area contributed by atoms with Crippen molar-refractivity contribution in [2.24, 2.45) is 23.7 Å². The Bertz CT molecular complexity index is 1990. The highest BCUT2D eigenvalue weighted by atomic mass is 31.2. The molecule has 5 atom stereocenters. The standard InChI is InChI=1S/C83H162O17P2/c1-73(2)59-51-43-35-28-22-16-12-9-10-14-19-26-32-40-49-57-65-82(87)100-79(70-94-81(86)64-56-48-42-34-38-46-54-62-76(7)8)72-98-102(91,92)96-68-77(84)67-95-101(89,90)97-71-78(99-83(88)66-58-50-41-33-27-21-20-24-30-37-45-53-61-75(5)6)69-93-80(85)63-55-47-39-31-25-18-15-11-13-17-23-29-36-44-52-60-74(3)4/h73-79,84H,9-72H2,1-8H3,(H,89,90)(H,91,92)/t77?,78-,79-/m1/s1. The number of ether oxygens (including phenoxy) is 4. The predicted molar refractivity (Wildman–Crippen MR) is 418 cm³/mol. The first-order chi connectivity index (χ1) is 49.1. The molecule has 0 heterocycles. The third-order valence-electron chi connectivity index (χ3n) is 19.3. The first-order valence-corrected chi connectivity index (χ1v) is 45.7. The fourth-order valence-electron chi connectivity index (χ4n) is 12.8. The maximum absolute atomic E-state index is 13.1. The van der Waals surface area contributed by atoms with Gasteiger partial charge in [0.1, 0.15) is 19.3 Å². The van der Waals surface area contributed by atoms with E-state index in [-0.39, 0.29) is 25.7 Å². The second kappa shape index (κ2) is 72.0. The monoisotopic (exact) mass is 1490 g/mol. The van der Waals surface area contributed by atoms with Gasteiger partial charge >= 0.3 is 39.5 Å². The largest absolute Gasteiger partial charge is 0.472 e. The first kappa shape index (κ1) is 100. The summed E-state index contributed by atoms with van der Waals surface area (Å²) < 4.78 is 68.8. The van der Waals surface area contributed by atoms with Crippen LogP contribution in [0.25, 0.3) is 0 Å². The number of unbranched alkanes of at least 4 members (excludes halogenated alkanes) is 46. The summed E-state index contributed by atoms with van der Waals surface area (Å²) in [5.74, 6) is 0.985. The van der Waals surface area contributed by atoms with Crippen molar-refractivity contribution < 1.29 is 80.2 Å². The SMILES string of the molecule is CC(C)CCCCCCCCCCCCCCCCCCC(=O)O[C@H](COC(=O)CCCCCCCCCC(C)C)COP(=O)(O)OCC(O)COP(=O)(O)OC[C@@H](COC(=O)CCCCCCCCCCCCCCCCCC(C)C)OC(=O)CCCCCCCCCCCCCCC(C)C. The number of rotatable bonds is 80. The molecule has 0 aromatic rings. The van der Waals surface area contributed by atoms with E-state index < -0.39 is 97.5 Å². The van der Waals surface area contributed by atoms with Crippen molar-refractivity contribution in [3.8, 4) is 0 Å². The summed E-state index contributed by atoms with van der Waals surface area (Å²) in [7, 11) is -9.92. The van der Waals surface area contributed by atoms with Gasteiger partial charge in [0.25, 0.3) is 0 Å². The number of carbonyl (C=O) groups excluding carboxylic acids is 4. The van der Waals surface area contributed by atoms with E-state index in [1.54, 1.807) is 0 Å². The van der Waals surface area contributed by atoms with Crippen LogP contribution in [0.15, 0.2) is 0 Å². The Morgan fingerprint density at radius 3 is 0.608 bits per heavy atom. The van der Waals surface area contributed by atoms with E-state index in [1.165, 1.54) is 225 Å². The Hall–Kier alpha value is -1.94. The van der Waals surface area contributed by atoms with Crippen LogP contribution in [0, 0.1) is 23.7 Å². The second-order valence-corrected chi connectivity index (χ2v) is 34.7. The van der Waals surface area contributed by atoms with Gasteiger partial charge in [-0.2, -0.15) is 0 Å². The molecule has 102 heavy (non-hydrogen) atoms.